The molecule has 1 aliphatic rings. The smallest absolute Gasteiger partial charge is 0.253 e. The van der Waals surface area contributed by atoms with Crippen LogP contribution in [0.5, 0.6) is 5.88 Å². The zero-order valence-corrected chi connectivity index (χ0v) is 12.2. The number of methoxy groups -OCH3 is 1. The molecule has 118 valence electrons. The third-order valence-corrected chi connectivity index (χ3v) is 2.87. The van der Waals surface area contributed by atoms with E-state index in [9.17, 15) is 9.18 Å². The van der Waals surface area contributed by atoms with E-state index >= 15 is 0 Å². The fourth-order valence-corrected chi connectivity index (χ4v) is 1.66. The Morgan fingerprint density at radius 2 is 2.32 bits per heavy atom. The number of carbonyl (C=O) groups excluding carboxylic acids is 1. The Labute approximate surface area is 126 Å². The monoisotopic (exact) mass is 310 g/mol. The van der Waals surface area contributed by atoms with Crippen molar-refractivity contribution in [2.24, 2.45) is 0 Å². The molecule has 0 radical (unpaired) electrons. The molecular formula is C13H15FN4O4. The van der Waals surface area contributed by atoms with Gasteiger partial charge in [0.15, 0.2) is 11.6 Å². The van der Waals surface area contributed by atoms with Crippen molar-refractivity contribution in [3.8, 4) is 5.88 Å². The van der Waals surface area contributed by atoms with E-state index in [0.29, 0.717) is 0 Å². The second kappa shape index (κ2) is 6.96. The lowest BCUT2D eigenvalue weighted by atomic mass is 10.1. The molecule has 1 aliphatic heterocycles. The van der Waals surface area contributed by atoms with E-state index in [1.54, 1.807) is 13.1 Å². The molecule has 2 heterocycles. The molecule has 0 saturated carbocycles. The van der Waals surface area contributed by atoms with E-state index in [1.165, 1.54) is 31.6 Å². The molecule has 0 amide bonds. The van der Waals surface area contributed by atoms with E-state index < -0.39 is 11.9 Å². The largest absolute Gasteiger partial charge is 0.479 e. The van der Waals surface area contributed by atoms with Gasteiger partial charge in [-0.1, -0.05) is 0 Å². The molecule has 1 aromatic rings. The highest BCUT2D eigenvalue weighted by molar-refractivity contribution is 6.00. The van der Waals surface area contributed by atoms with Crippen molar-refractivity contribution < 1.29 is 23.6 Å². The van der Waals surface area contributed by atoms with Gasteiger partial charge in [-0.2, -0.15) is 9.37 Å². The maximum absolute atomic E-state index is 13.4. The third kappa shape index (κ3) is 3.38. The minimum Gasteiger partial charge on any atom is -0.479 e. The van der Waals surface area contributed by atoms with Gasteiger partial charge in [-0.15, -0.1) is 5.48 Å². The Balaban J connectivity index is 2.37. The summed E-state index contributed by atoms with van der Waals surface area (Å²) < 4.78 is 18.2. The van der Waals surface area contributed by atoms with Crippen LogP contribution in [0.3, 0.4) is 0 Å². The molecule has 2 rings (SSSR count). The van der Waals surface area contributed by atoms with Crippen LogP contribution in [0, 0.1) is 5.82 Å². The van der Waals surface area contributed by atoms with Crippen LogP contribution >= 0.6 is 0 Å². The molecule has 8 nitrogen and oxygen atoms in total. The predicted octanol–water partition coefficient (Wildman–Crippen LogP) is 0.445. The van der Waals surface area contributed by atoms with E-state index in [0.717, 1.165) is 6.20 Å². The Morgan fingerprint density at radius 1 is 1.55 bits per heavy atom. The number of hydrogen-bond acceptors (Lipinski definition) is 8. The molecule has 1 atom stereocenters. The lowest BCUT2D eigenvalue weighted by Crippen LogP contribution is -2.30. The zero-order valence-electron chi connectivity index (χ0n) is 12.2. The van der Waals surface area contributed by atoms with Crippen molar-refractivity contribution in [3.05, 3.63) is 36.3 Å². The number of ether oxygens (including phenoxy) is 1. The molecular weight excluding hydrogens is 295 g/mol. The number of nitrogens with one attached hydrogen (secondary N) is 1. The Hall–Kier alpha value is -2.52. The van der Waals surface area contributed by atoms with Gasteiger partial charge in [0.25, 0.3) is 5.88 Å². The van der Waals surface area contributed by atoms with Crippen LogP contribution in [0.4, 0.5) is 4.39 Å². The van der Waals surface area contributed by atoms with Crippen molar-refractivity contribution in [1.29, 1.82) is 0 Å². The maximum Gasteiger partial charge on any atom is 0.253 e. The molecule has 1 N–H and O–H groups in total. The molecule has 0 spiro atoms. The predicted molar refractivity (Wildman–Crippen MR) is 73.4 cm³/mol. The SMILES string of the molecule is COc1nc(/C(=C\C(=O)C2C=CON2)N(C)OC)ncc1F. The van der Waals surface area contributed by atoms with Crippen molar-refractivity contribution in [1.82, 2.24) is 20.5 Å². The number of hydroxylamine groups is 3. The molecule has 0 bridgehead atoms. The van der Waals surface area contributed by atoms with Gasteiger partial charge < -0.3 is 9.57 Å². The average molecular weight is 310 g/mol. The van der Waals surface area contributed by atoms with Gasteiger partial charge >= 0.3 is 0 Å². The molecule has 0 fully saturated rings. The van der Waals surface area contributed by atoms with Crippen molar-refractivity contribution in [2.75, 3.05) is 21.3 Å². The molecule has 9 heteroatoms. The van der Waals surface area contributed by atoms with E-state index in [4.69, 9.17) is 14.4 Å². The standard InChI is InChI=1S/C13H15FN4O4/c1-18(21-3)10(6-11(19)9-4-5-22-17-9)12-15-7-8(14)13(16-12)20-2/h4-7,9,17H,1-3H3/b10-6+. The summed E-state index contributed by atoms with van der Waals surface area (Å²) in [6.07, 6.45) is 5.15. The van der Waals surface area contributed by atoms with Crippen LogP contribution in [0.25, 0.3) is 5.70 Å². The zero-order chi connectivity index (χ0) is 16.1. The summed E-state index contributed by atoms with van der Waals surface area (Å²) >= 11 is 0. The first-order valence-electron chi connectivity index (χ1n) is 6.25. The summed E-state index contributed by atoms with van der Waals surface area (Å²) in [6, 6.07) is -0.623. The van der Waals surface area contributed by atoms with Crippen LogP contribution in [0.2, 0.25) is 0 Å². The van der Waals surface area contributed by atoms with Crippen LogP contribution in [0.15, 0.2) is 24.6 Å². The molecule has 0 aromatic carbocycles. The average Bonchev–Trinajstić information content (AvgIpc) is 3.07. The van der Waals surface area contributed by atoms with E-state index in [2.05, 4.69) is 15.4 Å². The van der Waals surface area contributed by atoms with Crippen LogP contribution in [-0.4, -0.2) is 48.1 Å². The Morgan fingerprint density at radius 3 is 2.91 bits per heavy atom. The minimum absolute atomic E-state index is 0.0823. The summed E-state index contributed by atoms with van der Waals surface area (Å²) in [5.41, 5.74) is 2.76. The van der Waals surface area contributed by atoms with Crippen LogP contribution in [0.1, 0.15) is 5.82 Å². The van der Waals surface area contributed by atoms with Gasteiger partial charge in [-0.3, -0.25) is 14.7 Å². The number of carbonyl (C=O) groups is 1. The maximum atomic E-state index is 13.4. The van der Waals surface area contributed by atoms with Gasteiger partial charge in [-0.05, 0) is 6.08 Å². The van der Waals surface area contributed by atoms with Gasteiger partial charge in [0.05, 0.1) is 20.4 Å². The number of aromatic nitrogens is 2. The second-order valence-electron chi connectivity index (χ2n) is 4.20. The summed E-state index contributed by atoms with van der Waals surface area (Å²) in [5.74, 6) is -1.15. The van der Waals surface area contributed by atoms with Crippen molar-refractivity contribution in [2.45, 2.75) is 6.04 Å². The molecule has 0 aliphatic carbocycles. The Kier molecular flexibility index (Phi) is 5.02. The van der Waals surface area contributed by atoms with Crippen LogP contribution in [-0.2, 0) is 14.5 Å². The van der Waals surface area contributed by atoms with Crippen molar-refractivity contribution >= 4 is 11.5 Å². The van der Waals surface area contributed by atoms with Gasteiger partial charge in [0, 0.05) is 13.1 Å². The highest BCUT2D eigenvalue weighted by atomic mass is 19.1. The van der Waals surface area contributed by atoms with Gasteiger partial charge in [0.2, 0.25) is 5.82 Å². The Bertz CT molecular complexity index is 620. The minimum atomic E-state index is -0.703. The van der Waals surface area contributed by atoms with Crippen LogP contribution < -0.4 is 10.2 Å². The van der Waals surface area contributed by atoms with Gasteiger partial charge in [-0.25, -0.2) is 4.98 Å². The summed E-state index contributed by atoms with van der Waals surface area (Å²) in [7, 11) is 4.26. The molecule has 22 heavy (non-hydrogen) atoms. The first-order valence-corrected chi connectivity index (χ1v) is 6.25. The number of rotatable bonds is 6. The second-order valence-corrected chi connectivity index (χ2v) is 4.20. The topological polar surface area (TPSA) is 85.8 Å². The molecule has 1 aromatic heterocycles. The third-order valence-electron chi connectivity index (χ3n) is 2.87. The first kappa shape index (κ1) is 15.9. The number of halogens is 1. The first-order chi connectivity index (χ1) is 10.6. The molecule has 0 saturated heterocycles. The fourth-order valence-electron chi connectivity index (χ4n) is 1.66. The van der Waals surface area contributed by atoms with E-state index in [-0.39, 0.29) is 23.2 Å². The summed E-state index contributed by atoms with van der Waals surface area (Å²) in [6.45, 7) is 0. The number of hydrogen-bond donors (Lipinski definition) is 1. The normalized spacial score (nSPS) is 17.3. The van der Waals surface area contributed by atoms with Gasteiger partial charge in [0.1, 0.15) is 18.0 Å². The number of nitrogens with zero attached hydrogens (tertiary/aromatic N) is 3. The number of ketones is 1. The quantitative estimate of drug-likeness (QED) is 0.598. The molecule has 1 unspecified atom stereocenters. The van der Waals surface area contributed by atoms with Crippen molar-refractivity contribution in [3.63, 3.8) is 0 Å². The van der Waals surface area contributed by atoms with E-state index in [1.807, 2.05) is 0 Å². The lowest BCUT2D eigenvalue weighted by molar-refractivity contribution is -0.117. The highest BCUT2D eigenvalue weighted by Gasteiger charge is 2.21. The highest BCUT2D eigenvalue weighted by Crippen LogP contribution is 2.19. The summed E-state index contributed by atoms with van der Waals surface area (Å²) in [4.78, 5) is 29.8. The fraction of sp³-hybridized carbons (Fsp3) is 0.308. The summed E-state index contributed by atoms with van der Waals surface area (Å²) in [5, 5.41) is 1.28. The lowest BCUT2D eigenvalue weighted by Gasteiger charge is -2.19.